The maximum atomic E-state index is 9.79. The quantitative estimate of drug-likeness (QED) is 0.839. The molecule has 4 nitrogen and oxygen atoms in total. The Hall–Kier alpha value is -1.26. The Labute approximate surface area is 108 Å². The van der Waals surface area contributed by atoms with Crippen molar-refractivity contribution in [2.45, 2.75) is 25.9 Å². The first-order chi connectivity index (χ1) is 8.70. The second-order valence-electron chi connectivity index (χ2n) is 4.79. The summed E-state index contributed by atoms with van der Waals surface area (Å²) in [4.78, 5) is 0. The summed E-state index contributed by atoms with van der Waals surface area (Å²) < 4.78 is 10.5. The fourth-order valence-corrected chi connectivity index (χ4v) is 2.22. The molecule has 1 aromatic rings. The van der Waals surface area contributed by atoms with E-state index in [-0.39, 0.29) is 0 Å². The van der Waals surface area contributed by atoms with Crippen LogP contribution < -0.4 is 10.1 Å². The van der Waals surface area contributed by atoms with E-state index in [1.54, 1.807) is 19.2 Å². The monoisotopic (exact) mass is 251 g/mol. The average molecular weight is 251 g/mol. The topological polar surface area (TPSA) is 50.7 Å². The van der Waals surface area contributed by atoms with Crippen LogP contribution in [0.15, 0.2) is 18.2 Å². The number of nitrogens with one attached hydrogen (secondary N) is 1. The summed E-state index contributed by atoms with van der Waals surface area (Å²) in [6.45, 7) is 4.50. The van der Waals surface area contributed by atoms with E-state index in [1.165, 1.54) is 0 Å². The normalized spacial score (nSPS) is 20.9. The van der Waals surface area contributed by atoms with E-state index in [0.29, 0.717) is 24.3 Å². The predicted octanol–water partition coefficient (Wildman–Crippen LogP) is 1.92. The van der Waals surface area contributed by atoms with Crippen molar-refractivity contribution in [1.29, 1.82) is 0 Å². The number of hydrogen-bond donors (Lipinski definition) is 2. The predicted molar refractivity (Wildman–Crippen MR) is 69.9 cm³/mol. The van der Waals surface area contributed by atoms with Gasteiger partial charge >= 0.3 is 0 Å². The molecule has 0 radical (unpaired) electrons. The lowest BCUT2D eigenvalue weighted by atomic mass is 10.0. The summed E-state index contributed by atoms with van der Waals surface area (Å²) in [6.07, 6.45) is 1.11. The molecule has 1 aliphatic heterocycles. The molecule has 0 aromatic heterocycles. The van der Waals surface area contributed by atoms with Gasteiger partial charge in [-0.2, -0.15) is 0 Å². The van der Waals surface area contributed by atoms with Crippen LogP contribution in [0.5, 0.6) is 11.5 Å². The van der Waals surface area contributed by atoms with Crippen LogP contribution in [-0.2, 0) is 11.3 Å². The number of aromatic hydroxyl groups is 1. The van der Waals surface area contributed by atoms with Gasteiger partial charge in [-0.3, -0.25) is 0 Å². The van der Waals surface area contributed by atoms with Gasteiger partial charge in [-0.15, -0.1) is 0 Å². The first kappa shape index (κ1) is 13.2. The van der Waals surface area contributed by atoms with Crippen molar-refractivity contribution in [2.75, 3.05) is 20.3 Å². The van der Waals surface area contributed by atoms with Crippen molar-refractivity contribution in [3.63, 3.8) is 0 Å². The van der Waals surface area contributed by atoms with Gasteiger partial charge in [0, 0.05) is 24.8 Å². The number of hydrogen-bond acceptors (Lipinski definition) is 4. The highest BCUT2D eigenvalue weighted by Gasteiger charge is 2.21. The van der Waals surface area contributed by atoms with Gasteiger partial charge in [0.25, 0.3) is 0 Å². The number of phenolic OH excluding ortho intramolecular Hbond substituents is 1. The van der Waals surface area contributed by atoms with E-state index in [4.69, 9.17) is 9.47 Å². The minimum Gasteiger partial charge on any atom is -0.508 e. The SMILES string of the molecule is COc1ccc(O)c(CNC(C)C2CCOC2)c1. The Morgan fingerprint density at radius 1 is 1.56 bits per heavy atom. The van der Waals surface area contributed by atoms with E-state index in [9.17, 15) is 5.11 Å². The highest BCUT2D eigenvalue weighted by Crippen LogP contribution is 2.23. The molecule has 2 atom stereocenters. The lowest BCUT2D eigenvalue weighted by Gasteiger charge is -2.19. The maximum absolute atomic E-state index is 9.79. The Bertz CT molecular complexity index is 389. The first-order valence-electron chi connectivity index (χ1n) is 6.37. The van der Waals surface area contributed by atoms with Gasteiger partial charge in [0.15, 0.2) is 0 Å². The van der Waals surface area contributed by atoms with E-state index in [1.807, 2.05) is 6.07 Å². The molecule has 4 heteroatoms. The molecule has 1 saturated heterocycles. The van der Waals surface area contributed by atoms with Crippen LogP contribution in [0.2, 0.25) is 0 Å². The Morgan fingerprint density at radius 3 is 3.06 bits per heavy atom. The minimum absolute atomic E-state index is 0.304. The summed E-state index contributed by atoms with van der Waals surface area (Å²) in [6, 6.07) is 5.67. The van der Waals surface area contributed by atoms with Crippen LogP contribution in [0, 0.1) is 5.92 Å². The lowest BCUT2D eigenvalue weighted by Crippen LogP contribution is -2.33. The molecule has 0 saturated carbocycles. The van der Waals surface area contributed by atoms with Crippen LogP contribution in [0.3, 0.4) is 0 Å². The summed E-state index contributed by atoms with van der Waals surface area (Å²) in [5.74, 6) is 1.64. The molecular formula is C14H21NO3. The van der Waals surface area contributed by atoms with Crippen LogP contribution in [0.25, 0.3) is 0 Å². The van der Waals surface area contributed by atoms with Gasteiger partial charge in [-0.05, 0) is 37.5 Å². The van der Waals surface area contributed by atoms with Gasteiger partial charge in [-0.25, -0.2) is 0 Å². The zero-order valence-corrected chi connectivity index (χ0v) is 11.0. The van der Waals surface area contributed by atoms with E-state index < -0.39 is 0 Å². The largest absolute Gasteiger partial charge is 0.508 e. The molecule has 1 heterocycles. The third kappa shape index (κ3) is 3.15. The molecule has 0 aliphatic carbocycles. The second kappa shape index (κ2) is 6.07. The van der Waals surface area contributed by atoms with Crippen molar-refractivity contribution in [3.05, 3.63) is 23.8 Å². The van der Waals surface area contributed by atoms with Crippen molar-refractivity contribution in [2.24, 2.45) is 5.92 Å². The highest BCUT2D eigenvalue weighted by molar-refractivity contribution is 5.39. The molecule has 18 heavy (non-hydrogen) atoms. The van der Waals surface area contributed by atoms with Crippen molar-refractivity contribution >= 4 is 0 Å². The Kier molecular flexibility index (Phi) is 4.44. The van der Waals surface area contributed by atoms with E-state index >= 15 is 0 Å². The Balaban J connectivity index is 1.92. The summed E-state index contributed by atoms with van der Waals surface area (Å²) >= 11 is 0. The number of methoxy groups -OCH3 is 1. The van der Waals surface area contributed by atoms with E-state index in [0.717, 1.165) is 30.9 Å². The van der Waals surface area contributed by atoms with Crippen molar-refractivity contribution < 1.29 is 14.6 Å². The highest BCUT2D eigenvalue weighted by atomic mass is 16.5. The number of benzene rings is 1. The van der Waals surface area contributed by atoms with Gasteiger partial charge in [0.2, 0.25) is 0 Å². The molecular weight excluding hydrogens is 230 g/mol. The second-order valence-corrected chi connectivity index (χ2v) is 4.79. The first-order valence-corrected chi connectivity index (χ1v) is 6.37. The smallest absolute Gasteiger partial charge is 0.120 e. The standard InChI is InChI=1S/C14H21NO3/c1-10(11-5-6-18-9-11)15-8-12-7-13(17-2)3-4-14(12)16/h3-4,7,10-11,15-16H,5-6,8-9H2,1-2H3. The summed E-state index contributed by atoms with van der Waals surface area (Å²) in [5, 5.41) is 13.2. The molecule has 100 valence electrons. The zero-order valence-electron chi connectivity index (χ0n) is 11.0. The summed E-state index contributed by atoms with van der Waals surface area (Å²) in [7, 11) is 1.63. The van der Waals surface area contributed by atoms with Gasteiger partial charge in [0.05, 0.1) is 13.7 Å². The Morgan fingerprint density at radius 2 is 2.39 bits per heavy atom. The van der Waals surface area contributed by atoms with Crippen LogP contribution in [0.4, 0.5) is 0 Å². The molecule has 0 amide bonds. The van der Waals surface area contributed by atoms with Gasteiger partial charge in [-0.1, -0.05) is 0 Å². The average Bonchev–Trinajstić information content (AvgIpc) is 2.91. The number of rotatable bonds is 5. The lowest BCUT2D eigenvalue weighted by molar-refractivity contribution is 0.178. The molecule has 2 unspecified atom stereocenters. The fourth-order valence-electron chi connectivity index (χ4n) is 2.22. The van der Waals surface area contributed by atoms with Crippen LogP contribution in [0.1, 0.15) is 18.9 Å². The van der Waals surface area contributed by atoms with Crippen LogP contribution in [-0.4, -0.2) is 31.5 Å². The third-order valence-electron chi connectivity index (χ3n) is 3.57. The van der Waals surface area contributed by atoms with E-state index in [2.05, 4.69) is 12.2 Å². The van der Waals surface area contributed by atoms with Gasteiger partial charge < -0.3 is 19.9 Å². The molecule has 0 bridgehead atoms. The van der Waals surface area contributed by atoms with Gasteiger partial charge in [0.1, 0.15) is 11.5 Å². The molecule has 1 fully saturated rings. The molecule has 1 aromatic carbocycles. The summed E-state index contributed by atoms with van der Waals surface area (Å²) in [5.41, 5.74) is 0.861. The third-order valence-corrected chi connectivity index (χ3v) is 3.57. The maximum Gasteiger partial charge on any atom is 0.120 e. The molecule has 2 N–H and O–H groups in total. The fraction of sp³-hybridized carbons (Fsp3) is 0.571. The molecule has 0 spiro atoms. The molecule has 2 rings (SSSR count). The molecule has 1 aliphatic rings. The zero-order chi connectivity index (χ0) is 13.0. The van der Waals surface area contributed by atoms with Crippen LogP contribution >= 0.6 is 0 Å². The number of phenols is 1. The van der Waals surface area contributed by atoms with Crippen molar-refractivity contribution in [3.8, 4) is 11.5 Å². The van der Waals surface area contributed by atoms with Crippen molar-refractivity contribution in [1.82, 2.24) is 5.32 Å². The number of ether oxygens (including phenoxy) is 2. The minimum atomic E-state index is 0.304.